The molecule has 1 saturated carbocycles. The fraction of sp³-hybridized carbons (Fsp3) is 0.419. The molecule has 5 rings (SSSR count). The SMILES string of the molecule is CCC(=O)Nc1cccc(CN2C(=O)N(c3c(Cl)c(OC)cc(OC)c3Cl)Cc3cnc(NC4CCCCC4C)nc32)c1. The first-order valence-electron chi connectivity index (χ1n) is 14.4. The molecule has 228 valence electrons. The van der Waals surface area contributed by atoms with Crippen molar-refractivity contribution >= 4 is 58.3 Å². The standard InChI is InChI=1S/C31H36Cl2N6O4/c1-5-25(40)35-21-11-8-10-19(13-21)16-39-29-20(15-34-30(37-29)36-22-12-7-6-9-18(22)2)17-38(31(39)41)28-26(32)23(42-3)14-24(43-4)27(28)33/h8,10-11,13-15,18,22H,5-7,9,12,16-17H2,1-4H3,(H,35,40)(H,34,36,37). The molecule has 2 N–H and O–H groups in total. The molecule has 1 aliphatic carbocycles. The molecule has 43 heavy (non-hydrogen) atoms. The zero-order chi connectivity index (χ0) is 30.7. The number of nitrogens with one attached hydrogen (secondary N) is 2. The molecule has 1 aromatic heterocycles. The molecule has 2 unspecified atom stereocenters. The number of halogens is 2. The molecule has 2 aromatic carbocycles. The Labute approximate surface area is 261 Å². The van der Waals surface area contributed by atoms with Crippen molar-refractivity contribution in [3.8, 4) is 11.5 Å². The zero-order valence-corrected chi connectivity index (χ0v) is 26.3. The highest BCUT2D eigenvalue weighted by molar-refractivity contribution is 6.42. The number of carbonyl (C=O) groups is 2. The Hall–Kier alpha value is -3.76. The lowest BCUT2D eigenvalue weighted by molar-refractivity contribution is -0.115. The minimum absolute atomic E-state index is 0.0978. The van der Waals surface area contributed by atoms with Gasteiger partial charge in [0.05, 0.1) is 33.0 Å². The molecule has 2 heterocycles. The Balaban J connectivity index is 1.56. The number of aromatic nitrogens is 2. The van der Waals surface area contributed by atoms with Gasteiger partial charge in [-0.05, 0) is 36.5 Å². The van der Waals surface area contributed by atoms with Crippen LogP contribution in [0.25, 0.3) is 0 Å². The number of benzene rings is 2. The summed E-state index contributed by atoms with van der Waals surface area (Å²) in [5.41, 5.74) is 2.42. The summed E-state index contributed by atoms with van der Waals surface area (Å²) in [6.45, 7) is 4.33. The average Bonchev–Trinajstić information content (AvgIpc) is 3.00. The predicted molar refractivity (Wildman–Crippen MR) is 170 cm³/mol. The van der Waals surface area contributed by atoms with Gasteiger partial charge in [-0.3, -0.25) is 14.6 Å². The van der Waals surface area contributed by atoms with Crippen LogP contribution in [0.5, 0.6) is 11.5 Å². The van der Waals surface area contributed by atoms with Crippen LogP contribution in [0.4, 0.5) is 27.9 Å². The molecule has 0 saturated heterocycles. The minimum Gasteiger partial charge on any atom is -0.495 e. The van der Waals surface area contributed by atoms with Gasteiger partial charge in [0.2, 0.25) is 11.9 Å². The third-order valence-corrected chi connectivity index (χ3v) is 8.74. The minimum atomic E-state index is -0.384. The van der Waals surface area contributed by atoms with Crippen LogP contribution < -0.4 is 29.9 Å². The summed E-state index contributed by atoms with van der Waals surface area (Å²) < 4.78 is 10.9. The van der Waals surface area contributed by atoms with E-state index in [1.807, 2.05) is 24.3 Å². The van der Waals surface area contributed by atoms with E-state index in [1.54, 1.807) is 24.1 Å². The number of hydrogen-bond acceptors (Lipinski definition) is 7. The number of hydrogen-bond donors (Lipinski definition) is 2. The second-order valence-electron chi connectivity index (χ2n) is 10.9. The van der Waals surface area contributed by atoms with Crippen molar-refractivity contribution in [1.82, 2.24) is 9.97 Å². The Morgan fingerprint density at radius 2 is 1.81 bits per heavy atom. The third-order valence-electron chi connectivity index (χ3n) is 8.01. The zero-order valence-electron chi connectivity index (χ0n) is 24.7. The van der Waals surface area contributed by atoms with Crippen LogP contribution >= 0.6 is 23.2 Å². The maximum Gasteiger partial charge on any atom is 0.330 e. The van der Waals surface area contributed by atoms with Gasteiger partial charge in [-0.2, -0.15) is 4.98 Å². The Morgan fingerprint density at radius 3 is 2.49 bits per heavy atom. The van der Waals surface area contributed by atoms with Crippen molar-refractivity contribution in [2.45, 2.75) is 65.1 Å². The molecule has 1 fully saturated rings. The molecule has 0 radical (unpaired) electrons. The van der Waals surface area contributed by atoms with E-state index in [4.69, 9.17) is 37.7 Å². The van der Waals surface area contributed by atoms with Gasteiger partial charge < -0.3 is 20.1 Å². The molecule has 3 aromatic rings. The van der Waals surface area contributed by atoms with Crippen molar-refractivity contribution in [2.75, 3.05) is 34.7 Å². The van der Waals surface area contributed by atoms with Gasteiger partial charge in [0, 0.05) is 36.0 Å². The van der Waals surface area contributed by atoms with Crippen molar-refractivity contribution < 1.29 is 19.1 Å². The third kappa shape index (κ3) is 6.45. The van der Waals surface area contributed by atoms with E-state index in [1.165, 1.54) is 25.5 Å². The van der Waals surface area contributed by atoms with Gasteiger partial charge in [-0.1, -0.05) is 62.0 Å². The summed E-state index contributed by atoms with van der Waals surface area (Å²) in [5.74, 6) is 2.01. The summed E-state index contributed by atoms with van der Waals surface area (Å²) in [4.78, 5) is 39.0. The topological polar surface area (TPSA) is 109 Å². The molecular formula is C31H36Cl2N6O4. The number of rotatable bonds is 9. The van der Waals surface area contributed by atoms with Crippen LogP contribution in [0, 0.1) is 5.92 Å². The Bertz CT molecular complexity index is 1490. The van der Waals surface area contributed by atoms with Gasteiger partial charge in [-0.15, -0.1) is 0 Å². The summed E-state index contributed by atoms with van der Waals surface area (Å²) >= 11 is 13.5. The highest BCUT2D eigenvalue weighted by atomic mass is 35.5. The maximum absolute atomic E-state index is 14.4. The lowest BCUT2D eigenvalue weighted by Crippen LogP contribution is -2.48. The first-order valence-corrected chi connectivity index (χ1v) is 15.2. The first-order chi connectivity index (χ1) is 20.7. The van der Waals surface area contributed by atoms with Crippen LogP contribution in [0.15, 0.2) is 36.5 Å². The van der Waals surface area contributed by atoms with Crippen LogP contribution in [0.3, 0.4) is 0 Å². The molecule has 0 bridgehead atoms. The number of nitrogens with zero attached hydrogens (tertiary/aromatic N) is 4. The van der Waals surface area contributed by atoms with E-state index in [0.29, 0.717) is 46.9 Å². The van der Waals surface area contributed by atoms with Crippen LogP contribution in [0.2, 0.25) is 10.0 Å². The highest BCUT2D eigenvalue weighted by Gasteiger charge is 2.37. The fourth-order valence-corrected chi connectivity index (χ4v) is 6.29. The normalized spacial score (nSPS) is 18.2. The van der Waals surface area contributed by atoms with Gasteiger partial charge >= 0.3 is 6.03 Å². The lowest BCUT2D eigenvalue weighted by atomic mass is 9.86. The van der Waals surface area contributed by atoms with Gasteiger partial charge in [0.15, 0.2) is 0 Å². The Morgan fingerprint density at radius 1 is 1.09 bits per heavy atom. The molecule has 1 aliphatic heterocycles. The second kappa shape index (κ2) is 13.3. The first kappa shape index (κ1) is 30.7. The van der Waals surface area contributed by atoms with Gasteiger partial charge in [0.1, 0.15) is 27.4 Å². The monoisotopic (exact) mass is 626 g/mol. The molecule has 2 atom stereocenters. The largest absolute Gasteiger partial charge is 0.495 e. The number of carbonyl (C=O) groups excluding carboxylic acids is 2. The summed E-state index contributed by atoms with van der Waals surface area (Å²) in [6, 6.07) is 8.85. The molecule has 3 amide bonds. The van der Waals surface area contributed by atoms with Crippen molar-refractivity contribution in [2.24, 2.45) is 5.92 Å². The fourth-order valence-electron chi connectivity index (χ4n) is 5.59. The van der Waals surface area contributed by atoms with E-state index in [-0.39, 0.29) is 46.8 Å². The highest BCUT2D eigenvalue weighted by Crippen LogP contribution is 2.48. The molecule has 0 spiro atoms. The molecule has 2 aliphatic rings. The molecule has 12 heteroatoms. The molecule has 10 nitrogen and oxygen atoms in total. The number of ether oxygens (including phenoxy) is 2. The number of amides is 3. The number of urea groups is 1. The van der Waals surface area contributed by atoms with E-state index in [2.05, 4.69) is 22.5 Å². The number of fused-ring (bicyclic) bond motifs is 1. The summed E-state index contributed by atoms with van der Waals surface area (Å²) in [7, 11) is 2.97. The van der Waals surface area contributed by atoms with Crippen molar-refractivity contribution in [1.29, 1.82) is 0 Å². The maximum atomic E-state index is 14.4. The van der Waals surface area contributed by atoms with E-state index >= 15 is 0 Å². The summed E-state index contributed by atoms with van der Waals surface area (Å²) in [5, 5.41) is 6.75. The second-order valence-corrected chi connectivity index (χ2v) is 11.6. The van der Waals surface area contributed by atoms with Crippen LogP contribution in [-0.2, 0) is 17.9 Å². The van der Waals surface area contributed by atoms with Crippen LogP contribution in [-0.4, -0.2) is 42.2 Å². The van der Waals surface area contributed by atoms with E-state index in [0.717, 1.165) is 24.8 Å². The quantitative estimate of drug-likeness (QED) is 0.257. The molecular weight excluding hydrogens is 591 g/mol. The van der Waals surface area contributed by atoms with Gasteiger partial charge in [0.25, 0.3) is 0 Å². The van der Waals surface area contributed by atoms with Gasteiger partial charge in [-0.25, -0.2) is 9.78 Å². The van der Waals surface area contributed by atoms with Crippen molar-refractivity contribution in [3.05, 3.63) is 57.7 Å². The van der Waals surface area contributed by atoms with E-state index in [9.17, 15) is 9.59 Å². The number of methoxy groups -OCH3 is 2. The van der Waals surface area contributed by atoms with E-state index < -0.39 is 0 Å². The predicted octanol–water partition coefficient (Wildman–Crippen LogP) is 7.29. The smallest absolute Gasteiger partial charge is 0.330 e. The summed E-state index contributed by atoms with van der Waals surface area (Å²) in [6.07, 6.45) is 6.67. The number of anilines is 4. The van der Waals surface area contributed by atoms with Crippen molar-refractivity contribution in [3.63, 3.8) is 0 Å². The van der Waals surface area contributed by atoms with Crippen LogP contribution in [0.1, 0.15) is 57.1 Å². The lowest BCUT2D eigenvalue weighted by Gasteiger charge is -2.37. The Kier molecular flexibility index (Phi) is 9.46. The average molecular weight is 628 g/mol.